The van der Waals surface area contributed by atoms with E-state index >= 15 is 0 Å². The summed E-state index contributed by atoms with van der Waals surface area (Å²) in [5, 5.41) is 4.49. The van der Waals surface area contributed by atoms with Gasteiger partial charge < -0.3 is 4.42 Å². The van der Waals surface area contributed by atoms with Crippen LogP contribution in [0, 0.1) is 0 Å². The molecule has 6 heteroatoms. The van der Waals surface area contributed by atoms with E-state index in [1.165, 1.54) is 4.70 Å². The summed E-state index contributed by atoms with van der Waals surface area (Å²) in [6, 6.07) is 53.9. The van der Waals surface area contributed by atoms with Crippen molar-refractivity contribution in [3.8, 4) is 56.7 Å². The summed E-state index contributed by atoms with van der Waals surface area (Å²) < 4.78 is 8.92. The summed E-state index contributed by atoms with van der Waals surface area (Å²) in [5.41, 5.74) is 7.38. The number of nitrogens with zero attached hydrogens (tertiary/aromatic N) is 4. The number of aromatic nitrogens is 4. The molecule has 0 saturated carbocycles. The average molecular weight is 659 g/mol. The van der Waals surface area contributed by atoms with Gasteiger partial charge >= 0.3 is 0 Å². The van der Waals surface area contributed by atoms with Gasteiger partial charge in [0.1, 0.15) is 5.52 Å². The monoisotopic (exact) mass is 658 g/mol. The van der Waals surface area contributed by atoms with Crippen LogP contribution in [0.1, 0.15) is 0 Å². The highest BCUT2D eigenvalue weighted by atomic mass is 32.1. The minimum absolute atomic E-state index is 0.602. The van der Waals surface area contributed by atoms with Crippen LogP contribution in [0.15, 0.2) is 162 Å². The molecule has 234 valence electrons. The molecule has 0 atom stereocenters. The van der Waals surface area contributed by atoms with Gasteiger partial charge in [-0.3, -0.25) is 0 Å². The predicted molar refractivity (Wildman–Crippen MR) is 205 cm³/mol. The first kappa shape index (κ1) is 28.5. The van der Waals surface area contributed by atoms with Gasteiger partial charge in [0, 0.05) is 48.0 Å². The van der Waals surface area contributed by atoms with Crippen molar-refractivity contribution in [1.29, 1.82) is 0 Å². The minimum atomic E-state index is 0.602. The van der Waals surface area contributed by atoms with Crippen LogP contribution in [-0.2, 0) is 0 Å². The molecule has 0 aliphatic heterocycles. The van der Waals surface area contributed by atoms with E-state index in [-0.39, 0.29) is 0 Å². The SMILES string of the molecule is c1ccc(-c2nc(-c3ccccc3)nc(-c3cc4ccccc4cc3-c3cc4oc(-c5ccccc5)nc4c4c3sc3ccccc34)n2)cc1. The fraction of sp³-hybridized carbons (Fsp3) is 0. The summed E-state index contributed by atoms with van der Waals surface area (Å²) in [7, 11) is 0. The van der Waals surface area contributed by atoms with Crippen molar-refractivity contribution in [2.45, 2.75) is 0 Å². The Morgan fingerprint density at radius 1 is 0.440 bits per heavy atom. The molecule has 0 radical (unpaired) electrons. The zero-order valence-corrected chi connectivity index (χ0v) is 27.4. The van der Waals surface area contributed by atoms with Gasteiger partial charge in [-0.2, -0.15) is 0 Å². The molecule has 0 aliphatic rings. The van der Waals surface area contributed by atoms with Crippen molar-refractivity contribution in [2.24, 2.45) is 0 Å². The molecule has 0 N–H and O–H groups in total. The van der Waals surface area contributed by atoms with Crippen LogP contribution in [0.4, 0.5) is 0 Å². The number of fused-ring (bicyclic) bond motifs is 6. The Morgan fingerprint density at radius 3 is 1.64 bits per heavy atom. The number of hydrogen-bond donors (Lipinski definition) is 0. The molecule has 0 amide bonds. The summed E-state index contributed by atoms with van der Waals surface area (Å²) in [4.78, 5) is 20.4. The van der Waals surface area contributed by atoms with Gasteiger partial charge in [-0.15, -0.1) is 11.3 Å². The van der Waals surface area contributed by atoms with Crippen LogP contribution in [0.2, 0.25) is 0 Å². The second-order valence-electron chi connectivity index (χ2n) is 12.2. The van der Waals surface area contributed by atoms with Crippen molar-refractivity contribution in [2.75, 3.05) is 0 Å². The van der Waals surface area contributed by atoms with Crippen molar-refractivity contribution in [3.63, 3.8) is 0 Å². The summed E-state index contributed by atoms with van der Waals surface area (Å²) >= 11 is 1.78. The molecule has 5 nitrogen and oxygen atoms in total. The van der Waals surface area contributed by atoms with Crippen LogP contribution >= 0.6 is 11.3 Å². The fourth-order valence-corrected chi connectivity index (χ4v) is 7.99. The van der Waals surface area contributed by atoms with E-state index in [9.17, 15) is 0 Å². The van der Waals surface area contributed by atoms with Crippen LogP contribution in [-0.4, -0.2) is 19.9 Å². The zero-order valence-electron chi connectivity index (χ0n) is 26.6. The van der Waals surface area contributed by atoms with Crippen LogP contribution in [0.5, 0.6) is 0 Å². The number of rotatable bonds is 5. The third-order valence-corrected chi connectivity index (χ3v) is 10.3. The topological polar surface area (TPSA) is 64.7 Å². The first-order chi connectivity index (χ1) is 24.8. The molecule has 3 heterocycles. The lowest BCUT2D eigenvalue weighted by Gasteiger charge is -2.14. The molecule has 7 aromatic carbocycles. The van der Waals surface area contributed by atoms with Crippen LogP contribution in [0.3, 0.4) is 0 Å². The third kappa shape index (κ3) is 4.77. The van der Waals surface area contributed by atoms with E-state index in [2.05, 4.69) is 66.7 Å². The smallest absolute Gasteiger partial charge is 0.227 e. The fourth-order valence-electron chi connectivity index (χ4n) is 6.76. The molecule has 50 heavy (non-hydrogen) atoms. The van der Waals surface area contributed by atoms with E-state index < -0.39 is 0 Å². The lowest BCUT2D eigenvalue weighted by Crippen LogP contribution is -2.01. The molecule has 0 aliphatic carbocycles. The molecule has 10 aromatic rings. The van der Waals surface area contributed by atoms with E-state index in [0.717, 1.165) is 70.7 Å². The maximum absolute atomic E-state index is 6.58. The molecule has 0 spiro atoms. The quantitative estimate of drug-likeness (QED) is 0.184. The maximum Gasteiger partial charge on any atom is 0.227 e. The van der Waals surface area contributed by atoms with Crippen LogP contribution < -0.4 is 0 Å². The van der Waals surface area contributed by atoms with Crippen molar-refractivity contribution < 1.29 is 4.42 Å². The van der Waals surface area contributed by atoms with Gasteiger partial charge in [0.15, 0.2) is 23.1 Å². The van der Waals surface area contributed by atoms with E-state index in [1.54, 1.807) is 11.3 Å². The van der Waals surface area contributed by atoms with Gasteiger partial charge in [-0.05, 0) is 52.7 Å². The largest absolute Gasteiger partial charge is 0.436 e. The first-order valence-electron chi connectivity index (χ1n) is 16.5. The Hall–Kier alpha value is -6.50. The molecule has 0 bridgehead atoms. The van der Waals surface area contributed by atoms with Gasteiger partial charge in [-0.1, -0.05) is 121 Å². The highest BCUT2D eigenvalue weighted by molar-refractivity contribution is 7.26. The molecular formula is C44H26N4OS. The predicted octanol–water partition coefficient (Wildman–Crippen LogP) is 11.9. The highest BCUT2D eigenvalue weighted by Gasteiger charge is 2.23. The number of hydrogen-bond acceptors (Lipinski definition) is 6. The normalized spacial score (nSPS) is 11.6. The minimum Gasteiger partial charge on any atom is -0.436 e. The summed E-state index contributed by atoms with van der Waals surface area (Å²) in [6.45, 7) is 0. The van der Waals surface area contributed by atoms with Crippen molar-refractivity contribution in [1.82, 2.24) is 19.9 Å². The lowest BCUT2D eigenvalue weighted by molar-refractivity contribution is 0.620. The highest BCUT2D eigenvalue weighted by Crippen LogP contribution is 2.47. The third-order valence-electron chi connectivity index (χ3n) is 9.14. The summed E-state index contributed by atoms with van der Waals surface area (Å²) in [5.74, 6) is 2.46. The van der Waals surface area contributed by atoms with Gasteiger partial charge in [0.25, 0.3) is 0 Å². The van der Waals surface area contributed by atoms with E-state index in [0.29, 0.717) is 23.4 Å². The van der Waals surface area contributed by atoms with Crippen molar-refractivity contribution >= 4 is 53.4 Å². The Balaban J connectivity index is 1.30. The Bertz CT molecular complexity index is 2810. The van der Waals surface area contributed by atoms with Gasteiger partial charge in [0.05, 0.1) is 0 Å². The van der Waals surface area contributed by atoms with Crippen molar-refractivity contribution in [3.05, 3.63) is 158 Å². The molecule has 0 saturated heterocycles. The zero-order chi connectivity index (χ0) is 33.0. The number of benzene rings is 7. The van der Waals surface area contributed by atoms with Crippen LogP contribution in [0.25, 0.3) is 98.8 Å². The number of oxazole rings is 1. The van der Waals surface area contributed by atoms with Gasteiger partial charge in [-0.25, -0.2) is 19.9 Å². The Morgan fingerprint density at radius 2 is 0.980 bits per heavy atom. The molecule has 0 fully saturated rings. The Labute approximate surface area is 291 Å². The molecular weight excluding hydrogens is 633 g/mol. The number of thiophene rings is 1. The lowest BCUT2D eigenvalue weighted by atomic mass is 9.93. The molecule has 3 aromatic heterocycles. The second-order valence-corrected chi connectivity index (χ2v) is 13.3. The second kappa shape index (κ2) is 11.6. The maximum atomic E-state index is 6.58. The standard InChI is InChI=1S/C44H26N4OS/c1-4-14-27(15-5-1)41-46-42(28-16-6-2-7-17-28)48-43(47-41)35-25-31-21-11-10-20-30(31)24-33(35)34-26-36-39(45-44(49-36)29-18-8-3-9-19-29)38-32-22-12-13-23-37(32)50-40(34)38/h1-26H. The van der Waals surface area contributed by atoms with E-state index in [1.807, 2.05) is 91.0 Å². The van der Waals surface area contributed by atoms with E-state index in [4.69, 9.17) is 24.4 Å². The molecule has 0 unspecified atom stereocenters. The molecule has 10 rings (SSSR count). The summed E-state index contributed by atoms with van der Waals surface area (Å²) in [6.07, 6.45) is 0. The first-order valence-corrected chi connectivity index (χ1v) is 17.3. The average Bonchev–Trinajstić information content (AvgIpc) is 3.80. The van der Waals surface area contributed by atoms with Gasteiger partial charge in [0.2, 0.25) is 5.89 Å². The Kier molecular flexibility index (Phi) is 6.60.